The van der Waals surface area contributed by atoms with Gasteiger partial charge in [-0.3, -0.25) is 14.5 Å². The van der Waals surface area contributed by atoms with Crippen molar-refractivity contribution in [1.29, 1.82) is 0 Å². The molecule has 1 aromatic carbocycles. The van der Waals surface area contributed by atoms with Crippen molar-refractivity contribution < 1.29 is 23.8 Å². The SMILES string of the molecule is CCOCCOC(=O)CN1C(=O)C(C)Oc2cccc(N)c21. The van der Waals surface area contributed by atoms with Crippen LogP contribution in [0.15, 0.2) is 18.2 Å². The highest BCUT2D eigenvalue weighted by atomic mass is 16.6. The summed E-state index contributed by atoms with van der Waals surface area (Å²) in [6.45, 7) is 4.31. The largest absolute Gasteiger partial charge is 0.479 e. The maximum Gasteiger partial charge on any atom is 0.326 e. The second-order valence-corrected chi connectivity index (χ2v) is 4.80. The summed E-state index contributed by atoms with van der Waals surface area (Å²) in [4.78, 5) is 25.5. The van der Waals surface area contributed by atoms with Crippen LogP contribution in [0.1, 0.15) is 13.8 Å². The van der Waals surface area contributed by atoms with E-state index in [0.717, 1.165) is 0 Å². The number of fused-ring (bicyclic) bond motifs is 1. The maximum atomic E-state index is 12.3. The number of nitrogens with two attached hydrogens (primary N) is 1. The molecule has 1 atom stereocenters. The molecule has 0 aliphatic carbocycles. The summed E-state index contributed by atoms with van der Waals surface area (Å²) in [7, 11) is 0. The predicted octanol–water partition coefficient (Wildman–Crippen LogP) is 0.962. The summed E-state index contributed by atoms with van der Waals surface area (Å²) in [6, 6.07) is 5.09. The fourth-order valence-electron chi connectivity index (χ4n) is 2.18. The molecule has 2 N–H and O–H groups in total. The molecule has 1 aromatic rings. The van der Waals surface area contributed by atoms with Gasteiger partial charge in [0, 0.05) is 6.61 Å². The van der Waals surface area contributed by atoms with Crippen LogP contribution in [0.25, 0.3) is 0 Å². The van der Waals surface area contributed by atoms with E-state index >= 15 is 0 Å². The molecule has 0 aromatic heterocycles. The molecule has 1 aliphatic heterocycles. The van der Waals surface area contributed by atoms with Crippen LogP contribution in [0.4, 0.5) is 11.4 Å². The molecule has 2 rings (SSSR count). The summed E-state index contributed by atoms with van der Waals surface area (Å²) in [5, 5.41) is 0. The third kappa shape index (κ3) is 3.48. The number of nitrogen functional groups attached to an aromatic ring is 1. The van der Waals surface area contributed by atoms with Gasteiger partial charge < -0.3 is 19.9 Å². The van der Waals surface area contributed by atoms with Gasteiger partial charge in [-0.15, -0.1) is 0 Å². The molecule has 7 heteroatoms. The van der Waals surface area contributed by atoms with Crippen LogP contribution in [0.2, 0.25) is 0 Å². The Morgan fingerprint density at radius 2 is 2.18 bits per heavy atom. The summed E-state index contributed by atoms with van der Waals surface area (Å²) >= 11 is 0. The van der Waals surface area contributed by atoms with E-state index in [9.17, 15) is 9.59 Å². The molecule has 120 valence electrons. The van der Waals surface area contributed by atoms with Crippen LogP contribution in [-0.2, 0) is 19.1 Å². The monoisotopic (exact) mass is 308 g/mol. The van der Waals surface area contributed by atoms with E-state index in [2.05, 4.69) is 0 Å². The minimum atomic E-state index is -0.675. The van der Waals surface area contributed by atoms with Crippen molar-refractivity contribution in [3.8, 4) is 5.75 Å². The highest BCUT2D eigenvalue weighted by Crippen LogP contribution is 2.38. The number of nitrogens with zero attached hydrogens (tertiary/aromatic N) is 1. The number of para-hydroxylation sites is 1. The number of esters is 1. The van der Waals surface area contributed by atoms with Crippen molar-refractivity contribution in [2.24, 2.45) is 0 Å². The van der Waals surface area contributed by atoms with Gasteiger partial charge in [-0.1, -0.05) is 6.07 Å². The minimum Gasteiger partial charge on any atom is -0.479 e. The number of carbonyl (C=O) groups excluding carboxylic acids is 2. The Bertz CT molecular complexity index is 561. The molecule has 22 heavy (non-hydrogen) atoms. The van der Waals surface area contributed by atoms with E-state index in [0.29, 0.717) is 30.3 Å². The van der Waals surface area contributed by atoms with Crippen LogP contribution in [0, 0.1) is 0 Å². The van der Waals surface area contributed by atoms with E-state index in [1.807, 2.05) is 6.92 Å². The van der Waals surface area contributed by atoms with Gasteiger partial charge in [0.15, 0.2) is 6.10 Å². The molecular weight excluding hydrogens is 288 g/mol. The summed E-state index contributed by atoms with van der Waals surface area (Å²) in [6.07, 6.45) is -0.675. The van der Waals surface area contributed by atoms with Gasteiger partial charge in [-0.2, -0.15) is 0 Å². The van der Waals surface area contributed by atoms with E-state index in [1.54, 1.807) is 25.1 Å². The molecule has 0 fully saturated rings. The van der Waals surface area contributed by atoms with Crippen LogP contribution < -0.4 is 15.4 Å². The first kappa shape index (κ1) is 16.1. The molecule has 1 aliphatic rings. The molecule has 1 amide bonds. The molecule has 1 unspecified atom stereocenters. The molecule has 0 saturated carbocycles. The predicted molar refractivity (Wildman–Crippen MR) is 80.7 cm³/mol. The Morgan fingerprint density at radius 1 is 1.41 bits per heavy atom. The first-order valence-corrected chi connectivity index (χ1v) is 7.14. The van der Waals surface area contributed by atoms with Crippen LogP contribution in [-0.4, -0.2) is 44.3 Å². The van der Waals surface area contributed by atoms with Crippen molar-refractivity contribution in [2.45, 2.75) is 20.0 Å². The highest BCUT2D eigenvalue weighted by Gasteiger charge is 2.34. The summed E-state index contributed by atoms with van der Waals surface area (Å²) in [5.41, 5.74) is 6.69. The first-order chi connectivity index (χ1) is 10.5. The van der Waals surface area contributed by atoms with Crippen molar-refractivity contribution in [2.75, 3.05) is 37.0 Å². The lowest BCUT2D eigenvalue weighted by Crippen LogP contribution is -2.47. The highest BCUT2D eigenvalue weighted by molar-refractivity contribution is 6.05. The van der Waals surface area contributed by atoms with E-state index in [4.69, 9.17) is 19.9 Å². The fraction of sp³-hybridized carbons (Fsp3) is 0.467. The molecular formula is C15H20N2O5. The lowest BCUT2D eigenvalue weighted by Gasteiger charge is -2.33. The van der Waals surface area contributed by atoms with E-state index < -0.39 is 12.1 Å². The maximum absolute atomic E-state index is 12.3. The molecule has 0 spiro atoms. The Balaban J connectivity index is 2.09. The number of anilines is 2. The minimum absolute atomic E-state index is 0.151. The average Bonchev–Trinajstić information content (AvgIpc) is 2.48. The van der Waals surface area contributed by atoms with Crippen LogP contribution in [0.3, 0.4) is 0 Å². The van der Waals surface area contributed by atoms with Crippen molar-refractivity contribution in [3.05, 3.63) is 18.2 Å². The number of rotatable bonds is 6. The standard InChI is InChI=1S/C15H20N2O5/c1-3-20-7-8-21-13(18)9-17-14-11(16)5-4-6-12(14)22-10(2)15(17)19/h4-6,10H,3,7-9,16H2,1-2H3. The van der Waals surface area contributed by atoms with Gasteiger partial charge in [-0.25, -0.2) is 0 Å². The zero-order chi connectivity index (χ0) is 16.1. The smallest absolute Gasteiger partial charge is 0.326 e. The third-order valence-electron chi connectivity index (χ3n) is 3.20. The lowest BCUT2D eigenvalue weighted by molar-refractivity contribution is -0.144. The molecule has 7 nitrogen and oxygen atoms in total. The Hall–Kier alpha value is -2.28. The number of benzene rings is 1. The van der Waals surface area contributed by atoms with Gasteiger partial charge in [0.25, 0.3) is 5.91 Å². The van der Waals surface area contributed by atoms with Crippen molar-refractivity contribution >= 4 is 23.3 Å². The third-order valence-corrected chi connectivity index (χ3v) is 3.20. The zero-order valence-corrected chi connectivity index (χ0v) is 12.7. The quantitative estimate of drug-likeness (QED) is 0.478. The zero-order valence-electron chi connectivity index (χ0n) is 12.7. The molecule has 0 bridgehead atoms. The molecule has 0 saturated heterocycles. The average molecular weight is 308 g/mol. The molecule has 1 heterocycles. The number of hydrogen-bond donors (Lipinski definition) is 1. The second-order valence-electron chi connectivity index (χ2n) is 4.80. The summed E-state index contributed by atoms with van der Waals surface area (Å²) < 4.78 is 15.6. The first-order valence-electron chi connectivity index (χ1n) is 7.14. The Morgan fingerprint density at radius 3 is 2.91 bits per heavy atom. The van der Waals surface area contributed by atoms with Gasteiger partial charge in [0.2, 0.25) is 0 Å². The van der Waals surface area contributed by atoms with Crippen LogP contribution in [0.5, 0.6) is 5.75 Å². The number of ether oxygens (including phenoxy) is 3. The summed E-state index contributed by atoms with van der Waals surface area (Å²) in [5.74, 6) is -0.363. The van der Waals surface area contributed by atoms with Crippen LogP contribution >= 0.6 is 0 Å². The van der Waals surface area contributed by atoms with Crippen molar-refractivity contribution in [3.63, 3.8) is 0 Å². The number of carbonyl (C=O) groups is 2. The lowest BCUT2D eigenvalue weighted by atomic mass is 10.1. The van der Waals surface area contributed by atoms with E-state index in [-0.39, 0.29) is 19.1 Å². The van der Waals surface area contributed by atoms with E-state index in [1.165, 1.54) is 4.90 Å². The molecule has 0 radical (unpaired) electrons. The normalized spacial score (nSPS) is 16.9. The Labute approximate surface area is 128 Å². The fourth-order valence-corrected chi connectivity index (χ4v) is 2.18. The van der Waals surface area contributed by atoms with Gasteiger partial charge in [0.05, 0.1) is 12.3 Å². The number of amides is 1. The number of hydrogen-bond acceptors (Lipinski definition) is 6. The van der Waals surface area contributed by atoms with Gasteiger partial charge in [0.1, 0.15) is 24.6 Å². The van der Waals surface area contributed by atoms with Crippen molar-refractivity contribution in [1.82, 2.24) is 0 Å². The van der Waals surface area contributed by atoms with Gasteiger partial charge in [-0.05, 0) is 26.0 Å². The van der Waals surface area contributed by atoms with Gasteiger partial charge >= 0.3 is 5.97 Å². The Kier molecular flexibility index (Phi) is 5.21. The second kappa shape index (κ2) is 7.13. The topological polar surface area (TPSA) is 91.1 Å².